The summed E-state index contributed by atoms with van der Waals surface area (Å²) in [6.07, 6.45) is 2.47. The monoisotopic (exact) mass is 252 g/mol. The highest BCUT2D eigenvalue weighted by Crippen LogP contribution is 2.25. The molecule has 0 bridgehead atoms. The Balaban J connectivity index is 2.05. The SMILES string of the molecule is CC1CCN(Cc2ccccc2Cl)C(CN)C1. The van der Waals surface area contributed by atoms with Crippen molar-refractivity contribution >= 4 is 11.6 Å². The summed E-state index contributed by atoms with van der Waals surface area (Å²) in [5.74, 6) is 0.797. The van der Waals surface area contributed by atoms with E-state index in [1.807, 2.05) is 18.2 Å². The molecule has 3 heteroatoms. The van der Waals surface area contributed by atoms with E-state index < -0.39 is 0 Å². The summed E-state index contributed by atoms with van der Waals surface area (Å²) < 4.78 is 0. The fourth-order valence-electron chi connectivity index (χ4n) is 2.60. The van der Waals surface area contributed by atoms with Crippen LogP contribution in [0.2, 0.25) is 5.02 Å². The maximum absolute atomic E-state index is 6.21. The van der Waals surface area contributed by atoms with Crippen LogP contribution < -0.4 is 5.73 Å². The molecule has 2 atom stereocenters. The molecule has 1 aliphatic rings. The van der Waals surface area contributed by atoms with E-state index in [1.165, 1.54) is 18.4 Å². The van der Waals surface area contributed by atoms with Gasteiger partial charge in [-0.2, -0.15) is 0 Å². The number of nitrogens with zero attached hydrogens (tertiary/aromatic N) is 1. The topological polar surface area (TPSA) is 29.3 Å². The Labute approximate surface area is 109 Å². The van der Waals surface area contributed by atoms with E-state index in [2.05, 4.69) is 17.9 Å². The highest BCUT2D eigenvalue weighted by Gasteiger charge is 2.25. The first-order valence-electron chi connectivity index (χ1n) is 6.38. The molecule has 0 aromatic heterocycles. The molecule has 94 valence electrons. The predicted octanol–water partition coefficient (Wildman–Crippen LogP) is 2.90. The number of piperidine rings is 1. The third-order valence-electron chi connectivity index (χ3n) is 3.70. The van der Waals surface area contributed by atoms with Crippen LogP contribution in [0.3, 0.4) is 0 Å². The summed E-state index contributed by atoms with van der Waals surface area (Å²) >= 11 is 6.21. The Kier molecular flexibility index (Phi) is 4.43. The van der Waals surface area contributed by atoms with Gasteiger partial charge in [-0.15, -0.1) is 0 Å². The van der Waals surface area contributed by atoms with Crippen molar-refractivity contribution < 1.29 is 0 Å². The van der Waals surface area contributed by atoms with Gasteiger partial charge in [0.1, 0.15) is 0 Å². The quantitative estimate of drug-likeness (QED) is 0.896. The molecular weight excluding hydrogens is 232 g/mol. The molecule has 0 spiro atoms. The van der Waals surface area contributed by atoms with Gasteiger partial charge in [0, 0.05) is 24.2 Å². The van der Waals surface area contributed by atoms with Crippen molar-refractivity contribution in [2.45, 2.75) is 32.4 Å². The summed E-state index contributed by atoms with van der Waals surface area (Å²) in [5.41, 5.74) is 7.08. The molecular formula is C14H21ClN2. The Bertz CT molecular complexity index is 367. The van der Waals surface area contributed by atoms with Crippen LogP contribution in [0.15, 0.2) is 24.3 Å². The average Bonchev–Trinajstić information content (AvgIpc) is 2.34. The van der Waals surface area contributed by atoms with Gasteiger partial charge in [-0.1, -0.05) is 36.7 Å². The molecule has 1 aliphatic heterocycles. The van der Waals surface area contributed by atoms with Crippen LogP contribution in [0.5, 0.6) is 0 Å². The van der Waals surface area contributed by atoms with Crippen LogP contribution in [0, 0.1) is 5.92 Å². The van der Waals surface area contributed by atoms with Crippen molar-refractivity contribution in [3.05, 3.63) is 34.9 Å². The first-order valence-corrected chi connectivity index (χ1v) is 6.76. The summed E-state index contributed by atoms with van der Waals surface area (Å²) in [4.78, 5) is 2.47. The fraction of sp³-hybridized carbons (Fsp3) is 0.571. The lowest BCUT2D eigenvalue weighted by atomic mass is 9.92. The predicted molar refractivity (Wildman–Crippen MR) is 73.1 cm³/mol. The standard InChI is InChI=1S/C14H21ClN2/c1-11-6-7-17(13(8-11)9-16)10-12-4-2-3-5-14(12)15/h2-5,11,13H,6-10,16H2,1H3. The molecule has 0 amide bonds. The number of rotatable bonds is 3. The van der Waals surface area contributed by atoms with Gasteiger partial charge in [-0.25, -0.2) is 0 Å². The van der Waals surface area contributed by atoms with Gasteiger partial charge in [0.2, 0.25) is 0 Å². The molecule has 2 nitrogen and oxygen atoms in total. The minimum absolute atomic E-state index is 0.509. The van der Waals surface area contributed by atoms with Gasteiger partial charge in [-0.05, 0) is 36.9 Å². The van der Waals surface area contributed by atoms with Gasteiger partial charge in [0.15, 0.2) is 0 Å². The van der Waals surface area contributed by atoms with Gasteiger partial charge in [0.25, 0.3) is 0 Å². The molecule has 1 aromatic carbocycles. The highest BCUT2D eigenvalue weighted by atomic mass is 35.5. The molecule has 0 aliphatic carbocycles. The second kappa shape index (κ2) is 5.85. The Hall–Kier alpha value is -0.570. The van der Waals surface area contributed by atoms with Crippen LogP contribution in [0.25, 0.3) is 0 Å². The van der Waals surface area contributed by atoms with Gasteiger partial charge in [0.05, 0.1) is 0 Å². The third-order valence-corrected chi connectivity index (χ3v) is 4.07. The van der Waals surface area contributed by atoms with Crippen LogP contribution in [-0.4, -0.2) is 24.0 Å². The molecule has 1 aromatic rings. The van der Waals surface area contributed by atoms with E-state index in [1.54, 1.807) is 0 Å². The van der Waals surface area contributed by atoms with Crippen LogP contribution in [-0.2, 0) is 6.54 Å². The smallest absolute Gasteiger partial charge is 0.0451 e. The number of nitrogens with two attached hydrogens (primary N) is 1. The van der Waals surface area contributed by atoms with Crippen molar-refractivity contribution in [2.24, 2.45) is 11.7 Å². The Morgan fingerprint density at radius 1 is 1.41 bits per heavy atom. The lowest BCUT2D eigenvalue weighted by Gasteiger charge is -2.38. The normalized spacial score (nSPS) is 26.1. The van der Waals surface area contributed by atoms with Crippen molar-refractivity contribution in [1.29, 1.82) is 0 Å². The zero-order valence-electron chi connectivity index (χ0n) is 10.4. The third kappa shape index (κ3) is 3.21. The number of benzene rings is 1. The van der Waals surface area contributed by atoms with Crippen molar-refractivity contribution in [3.8, 4) is 0 Å². The number of halogens is 1. The van der Waals surface area contributed by atoms with Gasteiger partial charge < -0.3 is 5.73 Å². The lowest BCUT2D eigenvalue weighted by molar-refractivity contribution is 0.115. The van der Waals surface area contributed by atoms with Crippen LogP contribution in [0.1, 0.15) is 25.3 Å². The number of hydrogen-bond acceptors (Lipinski definition) is 2. The first kappa shape index (κ1) is 12.9. The summed E-state index contributed by atoms with van der Waals surface area (Å²) in [6.45, 7) is 5.12. The van der Waals surface area contributed by atoms with E-state index in [4.69, 9.17) is 17.3 Å². The van der Waals surface area contributed by atoms with E-state index in [0.717, 1.165) is 30.6 Å². The molecule has 1 fully saturated rings. The second-order valence-electron chi connectivity index (χ2n) is 5.08. The molecule has 17 heavy (non-hydrogen) atoms. The molecule has 0 saturated carbocycles. The van der Waals surface area contributed by atoms with E-state index in [0.29, 0.717) is 6.04 Å². The first-order chi connectivity index (χ1) is 8.20. The summed E-state index contributed by atoms with van der Waals surface area (Å²) in [7, 11) is 0. The summed E-state index contributed by atoms with van der Waals surface area (Å²) in [5, 5.41) is 0.863. The Morgan fingerprint density at radius 2 is 2.18 bits per heavy atom. The second-order valence-corrected chi connectivity index (χ2v) is 5.49. The lowest BCUT2D eigenvalue weighted by Crippen LogP contribution is -2.45. The van der Waals surface area contributed by atoms with Crippen LogP contribution in [0.4, 0.5) is 0 Å². The van der Waals surface area contributed by atoms with Crippen molar-refractivity contribution in [3.63, 3.8) is 0 Å². The molecule has 1 saturated heterocycles. The van der Waals surface area contributed by atoms with Gasteiger partial charge in [-0.3, -0.25) is 4.90 Å². The summed E-state index contributed by atoms with van der Waals surface area (Å²) in [6, 6.07) is 8.60. The molecule has 1 heterocycles. The molecule has 0 radical (unpaired) electrons. The van der Waals surface area contributed by atoms with E-state index >= 15 is 0 Å². The maximum atomic E-state index is 6.21. The molecule has 2 unspecified atom stereocenters. The zero-order valence-corrected chi connectivity index (χ0v) is 11.2. The van der Waals surface area contributed by atoms with Crippen molar-refractivity contribution in [2.75, 3.05) is 13.1 Å². The minimum atomic E-state index is 0.509. The largest absolute Gasteiger partial charge is 0.329 e. The van der Waals surface area contributed by atoms with Crippen LogP contribution >= 0.6 is 11.6 Å². The zero-order chi connectivity index (χ0) is 12.3. The van der Waals surface area contributed by atoms with E-state index in [9.17, 15) is 0 Å². The minimum Gasteiger partial charge on any atom is -0.329 e. The molecule has 2 N–H and O–H groups in total. The van der Waals surface area contributed by atoms with E-state index in [-0.39, 0.29) is 0 Å². The highest BCUT2D eigenvalue weighted by molar-refractivity contribution is 6.31. The Morgan fingerprint density at radius 3 is 2.88 bits per heavy atom. The van der Waals surface area contributed by atoms with Gasteiger partial charge >= 0.3 is 0 Å². The molecule has 2 rings (SSSR count). The number of likely N-dealkylation sites (tertiary alicyclic amines) is 1. The average molecular weight is 253 g/mol. The maximum Gasteiger partial charge on any atom is 0.0451 e. The number of hydrogen-bond donors (Lipinski definition) is 1. The fourth-order valence-corrected chi connectivity index (χ4v) is 2.79. The van der Waals surface area contributed by atoms with Crippen molar-refractivity contribution in [1.82, 2.24) is 4.90 Å².